The molecule has 41 heteroatoms. The van der Waals surface area contributed by atoms with Gasteiger partial charge in [-0.2, -0.15) is 0 Å². The zero-order valence-electron chi connectivity index (χ0n) is 43.0. The zero-order chi connectivity index (χ0) is 59.9. The second kappa shape index (κ2) is 37.2. The molecule has 0 aromatic carbocycles. The molecule has 0 aromatic heterocycles. The number of nitrogens with one attached hydrogen (secondary N) is 2. The van der Waals surface area contributed by atoms with Gasteiger partial charge in [0.2, 0.25) is 11.8 Å². The van der Waals surface area contributed by atoms with Crippen LogP contribution in [0.5, 0.6) is 0 Å². The van der Waals surface area contributed by atoms with Gasteiger partial charge in [0.25, 0.3) is 31.0 Å². The van der Waals surface area contributed by atoms with Crippen LogP contribution >= 0.6 is 30.4 Å². The topological polar surface area (TPSA) is 514 Å². The summed E-state index contributed by atoms with van der Waals surface area (Å²) < 4.78 is 65.2. The number of aliphatic carboxylic acids is 2. The van der Waals surface area contributed by atoms with E-state index in [-0.39, 0.29) is 105 Å². The molecule has 0 aliphatic carbocycles. The molecule has 0 radical (unpaired) electrons. The molecular weight excluding hydrogens is 1150 g/mol. The number of ether oxygens (including phenoxy) is 4. The van der Waals surface area contributed by atoms with Crippen molar-refractivity contribution in [3.63, 3.8) is 0 Å². The minimum atomic E-state index is -5.67. The molecule has 2 rings (SSSR count). The number of carboxylic acids is 2. The summed E-state index contributed by atoms with van der Waals surface area (Å²) in [6.45, 7) is 3.79. The molecule has 458 valence electrons. The molecule has 37 nitrogen and oxygen atoms in total. The molecule has 0 saturated carbocycles. The van der Waals surface area contributed by atoms with Crippen molar-refractivity contribution in [3.05, 3.63) is 0 Å². The summed E-state index contributed by atoms with van der Waals surface area (Å²) in [6, 6.07) is 0. The molecule has 0 bridgehead atoms. The summed E-state index contributed by atoms with van der Waals surface area (Å²) in [5.74, 6) is -3.39. The number of carbonyl (C=O) groups is 8. The van der Waals surface area contributed by atoms with Crippen molar-refractivity contribution in [2.45, 2.75) is 23.3 Å². The van der Waals surface area contributed by atoms with Crippen LogP contribution in [0.4, 0.5) is 0 Å². The summed E-state index contributed by atoms with van der Waals surface area (Å²) >= 11 is 0. The van der Waals surface area contributed by atoms with E-state index in [0.717, 1.165) is 0 Å². The van der Waals surface area contributed by atoms with Crippen LogP contribution in [0.1, 0.15) is 12.8 Å². The summed E-state index contributed by atoms with van der Waals surface area (Å²) in [7, 11) is -21.6. The van der Waals surface area contributed by atoms with Gasteiger partial charge >= 0.3 is 42.3 Å². The number of aliphatic hydroxyl groups is 1. The van der Waals surface area contributed by atoms with E-state index in [1.54, 1.807) is 39.2 Å². The smallest absolute Gasteiger partial charge is 0.369 e. The molecule has 2 fully saturated rings. The highest BCUT2D eigenvalue weighted by atomic mass is 31.2. The van der Waals surface area contributed by atoms with E-state index in [0.29, 0.717) is 78.3 Å². The molecule has 2 saturated heterocycles. The van der Waals surface area contributed by atoms with Gasteiger partial charge in [0.05, 0.1) is 26.2 Å². The van der Waals surface area contributed by atoms with Crippen LogP contribution in [-0.2, 0) is 75.6 Å². The second-order valence-electron chi connectivity index (χ2n) is 17.7. The van der Waals surface area contributed by atoms with Crippen LogP contribution in [0.15, 0.2) is 0 Å². The molecule has 2 heterocycles. The Balaban J connectivity index is 0.000000790. The van der Waals surface area contributed by atoms with Crippen molar-refractivity contribution < 1.29 is 130 Å². The Morgan fingerprint density at radius 3 is 0.899 bits per heavy atom. The first kappa shape index (κ1) is 73.0. The van der Waals surface area contributed by atoms with Crippen molar-refractivity contribution in [3.8, 4) is 0 Å². The minimum Gasteiger partial charge on any atom is -0.480 e. The number of amides is 2. The predicted molar refractivity (Wildman–Crippen MR) is 268 cm³/mol. The van der Waals surface area contributed by atoms with Crippen molar-refractivity contribution in [2.75, 3.05) is 171 Å². The average Bonchev–Trinajstić information content (AvgIpc) is 3.34. The van der Waals surface area contributed by atoms with Crippen LogP contribution in [-0.4, -0.2) is 325 Å². The fourth-order valence-corrected chi connectivity index (χ4v) is 12.1. The van der Waals surface area contributed by atoms with Gasteiger partial charge in [-0.3, -0.25) is 95.8 Å². The highest BCUT2D eigenvalue weighted by Crippen LogP contribution is 2.68. The van der Waals surface area contributed by atoms with Gasteiger partial charge in [-0.05, 0) is 6.42 Å². The highest BCUT2D eigenvalue weighted by Gasteiger charge is 2.59. The quantitative estimate of drug-likeness (QED) is 0.0181. The molecule has 2 aliphatic heterocycles. The van der Waals surface area contributed by atoms with Crippen LogP contribution in [0.25, 0.3) is 0 Å². The lowest BCUT2D eigenvalue weighted by Gasteiger charge is -2.33. The standard InChI is InChI=1S/C19H37N5O14P2.C19H37N5O13P2/c25-15-37-13-23-7-5-21(11-17(27)20-2-1-19(30,39(31,32)33)40(34,35)36)3-4-22(12-18(28)29)6-8-24(10-9-23)14-38-16-26;25-15-36-13-23-7-5-21(11-17(27)20-2-1-19(38(30,31)32)39(33,34)35)3-4-22(12-18(28)29)6-8-24(10-9-23)14-37-16-26/h15-16,30H,1-14H2,(H,20,27)(H,28,29)(H2,31,32,33)(H2,34,35,36);15-16,19H,1-14H2,(H,20,27)(H,28,29)(H2,30,31,32)(H2,33,34,35). The Morgan fingerprint density at radius 1 is 0.430 bits per heavy atom. The van der Waals surface area contributed by atoms with E-state index in [1.165, 1.54) is 0 Å². The van der Waals surface area contributed by atoms with Crippen molar-refractivity contribution in [2.24, 2.45) is 0 Å². The Kier molecular flexibility index (Phi) is 34.4. The number of hydrogen-bond donors (Lipinski definition) is 13. The van der Waals surface area contributed by atoms with Crippen LogP contribution < -0.4 is 10.6 Å². The van der Waals surface area contributed by atoms with Gasteiger partial charge in [-0.25, -0.2) is 0 Å². The van der Waals surface area contributed by atoms with Gasteiger partial charge in [0, 0.05) is 124 Å². The maximum Gasteiger partial charge on any atom is 0.369 e. The molecule has 0 spiro atoms. The first-order chi connectivity index (χ1) is 36.9. The van der Waals surface area contributed by atoms with Crippen LogP contribution in [0.3, 0.4) is 0 Å². The molecule has 0 unspecified atom stereocenters. The SMILES string of the molecule is O=COCN1CCN(COC=O)CCN(CC(=O)NCCC(O)(P(=O)(O)O)P(=O)(O)O)CCN(CC(=O)O)CC1.O=COCN1CCN(COC=O)CCN(CC(=O)NCCC(P(=O)(O)O)P(=O)(O)O)CCN(CC(=O)O)CC1. The number of hydrogen-bond acceptors (Lipinski definition) is 25. The normalized spacial score (nSPS) is 18.2. The van der Waals surface area contributed by atoms with Gasteiger partial charge in [-0.15, -0.1) is 0 Å². The number of carboxylic acid groups (broad SMARTS) is 2. The van der Waals surface area contributed by atoms with Crippen molar-refractivity contribution >= 4 is 80.0 Å². The van der Waals surface area contributed by atoms with E-state index in [4.69, 9.17) is 18.9 Å². The van der Waals surface area contributed by atoms with E-state index < -0.39 is 90.6 Å². The van der Waals surface area contributed by atoms with Crippen molar-refractivity contribution in [1.29, 1.82) is 0 Å². The first-order valence-electron chi connectivity index (χ1n) is 23.8. The highest BCUT2D eigenvalue weighted by molar-refractivity contribution is 7.72. The molecular formula is C38H74N10O27P4. The molecule has 0 atom stereocenters. The van der Waals surface area contributed by atoms with Gasteiger partial charge in [0.15, 0.2) is 5.40 Å². The largest absolute Gasteiger partial charge is 0.480 e. The zero-order valence-corrected chi connectivity index (χ0v) is 46.6. The summed E-state index contributed by atoms with van der Waals surface area (Å²) in [5, 5.41) is 27.3. The van der Waals surface area contributed by atoms with E-state index in [2.05, 4.69) is 10.6 Å². The molecule has 2 aliphatic rings. The average molecular weight is 1230 g/mol. The Hall–Kier alpha value is -4.00. The van der Waals surface area contributed by atoms with E-state index in [1.807, 2.05) is 0 Å². The Morgan fingerprint density at radius 2 is 0.671 bits per heavy atom. The lowest BCUT2D eigenvalue weighted by atomic mass is 10.3. The number of rotatable bonds is 30. The second-order valence-corrected chi connectivity index (χ2v) is 25.7. The predicted octanol–water partition coefficient (Wildman–Crippen LogP) is -7.20. The Labute approximate surface area is 453 Å². The molecule has 13 N–H and O–H groups in total. The Bertz CT molecular complexity index is 2060. The lowest BCUT2D eigenvalue weighted by molar-refractivity contribution is -0.139. The minimum absolute atomic E-state index is 0.00994. The third kappa shape index (κ3) is 31.1. The molecule has 2 amide bonds. The molecule has 79 heavy (non-hydrogen) atoms. The van der Waals surface area contributed by atoms with E-state index >= 15 is 0 Å². The number of nitrogens with zero attached hydrogens (tertiary/aromatic N) is 8. The summed E-state index contributed by atoms with van der Waals surface area (Å²) in [6.07, 6.45) is -1.77. The van der Waals surface area contributed by atoms with Crippen LogP contribution in [0, 0.1) is 0 Å². The summed E-state index contributed by atoms with van der Waals surface area (Å²) in [4.78, 5) is 178. The fraction of sp³-hybridized carbons (Fsp3) is 0.789. The number of carbonyl (C=O) groups excluding carboxylic acids is 6. The van der Waals surface area contributed by atoms with Gasteiger partial charge < -0.3 is 84.0 Å². The van der Waals surface area contributed by atoms with Gasteiger partial charge in [0.1, 0.15) is 26.9 Å². The fourth-order valence-electron chi connectivity index (χ4n) is 7.45. The maximum atomic E-state index is 12.6. The third-order valence-corrected chi connectivity index (χ3v) is 19.6. The maximum absolute atomic E-state index is 12.6. The first-order valence-corrected chi connectivity index (χ1v) is 30.4. The van der Waals surface area contributed by atoms with E-state index in [9.17, 15) is 111 Å². The lowest BCUT2D eigenvalue weighted by Crippen LogP contribution is -2.49. The molecule has 0 aromatic rings. The third-order valence-electron chi connectivity index (χ3n) is 11.8. The summed E-state index contributed by atoms with van der Waals surface area (Å²) in [5.41, 5.74) is 0. The van der Waals surface area contributed by atoms with Crippen LogP contribution in [0.2, 0.25) is 0 Å². The monoisotopic (exact) mass is 1230 g/mol. The van der Waals surface area contributed by atoms with Crippen molar-refractivity contribution in [1.82, 2.24) is 49.8 Å². The van der Waals surface area contributed by atoms with Gasteiger partial charge in [-0.1, -0.05) is 0 Å².